The van der Waals surface area contributed by atoms with Crippen LogP contribution in [0.3, 0.4) is 0 Å². The van der Waals surface area contributed by atoms with Crippen LogP contribution in [0.15, 0.2) is 48.8 Å². The Bertz CT molecular complexity index is 1080. The number of hydrogen-bond donors (Lipinski definition) is 3. The zero-order chi connectivity index (χ0) is 22.4. The van der Waals surface area contributed by atoms with Gasteiger partial charge in [0.25, 0.3) is 0 Å². The van der Waals surface area contributed by atoms with Crippen LogP contribution in [-0.4, -0.2) is 43.2 Å². The van der Waals surface area contributed by atoms with Crippen molar-refractivity contribution in [3.63, 3.8) is 0 Å². The second-order valence-electron chi connectivity index (χ2n) is 6.25. The Morgan fingerprint density at radius 2 is 1.42 bits per heavy atom. The van der Waals surface area contributed by atoms with E-state index in [1.807, 2.05) is 18.2 Å². The zero-order valence-corrected chi connectivity index (χ0v) is 17.1. The molecular weight excluding hydrogens is 402 g/mol. The van der Waals surface area contributed by atoms with Crippen molar-refractivity contribution in [2.24, 2.45) is 0 Å². The van der Waals surface area contributed by atoms with E-state index in [0.717, 1.165) is 5.69 Å². The summed E-state index contributed by atoms with van der Waals surface area (Å²) in [5, 5.41) is 6.11. The number of anilines is 5. The Labute approximate surface area is 178 Å². The average Bonchev–Trinajstić information content (AvgIpc) is 2.80. The van der Waals surface area contributed by atoms with E-state index in [1.165, 1.54) is 38.7 Å². The Balaban J connectivity index is 1.93. The summed E-state index contributed by atoms with van der Waals surface area (Å²) in [6.45, 7) is 0. The van der Waals surface area contributed by atoms with Crippen LogP contribution in [0.4, 0.5) is 28.7 Å². The first kappa shape index (κ1) is 21.4. The van der Waals surface area contributed by atoms with Crippen LogP contribution < -0.4 is 21.1 Å². The van der Waals surface area contributed by atoms with Crippen LogP contribution in [0.25, 0.3) is 0 Å². The summed E-state index contributed by atoms with van der Waals surface area (Å²) in [6, 6.07) is 11.7. The number of ether oxygens (including phenoxy) is 3. The van der Waals surface area contributed by atoms with Crippen molar-refractivity contribution in [3.05, 3.63) is 59.9 Å². The molecule has 0 aliphatic rings. The first-order valence-electron chi connectivity index (χ1n) is 9.05. The number of nitrogen functional groups attached to an aromatic ring is 1. The summed E-state index contributed by atoms with van der Waals surface area (Å²) >= 11 is 0. The molecule has 31 heavy (non-hydrogen) atoms. The highest BCUT2D eigenvalue weighted by Crippen LogP contribution is 2.30. The third-order valence-electron chi connectivity index (χ3n) is 4.25. The van der Waals surface area contributed by atoms with Gasteiger partial charge >= 0.3 is 11.9 Å². The van der Waals surface area contributed by atoms with Crippen molar-refractivity contribution < 1.29 is 23.8 Å². The number of rotatable bonds is 7. The summed E-state index contributed by atoms with van der Waals surface area (Å²) in [6.07, 6.45) is 1.33. The van der Waals surface area contributed by atoms with Gasteiger partial charge < -0.3 is 30.6 Å². The fraction of sp³-hybridized carbons (Fsp3) is 0.143. The minimum Gasteiger partial charge on any atom is -0.497 e. The zero-order valence-electron chi connectivity index (χ0n) is 17.1. The van der Waals surface area contributed by atoms with Crippen LogP contribution in [-0.2, 0) is 9.47 Å². The molecule has 2 aromatic carbocycles. The number of esters is 2. The number of nitrogens with one attached hydrogen (secondary N) is 2. The highest BCUT2D eigenvalue weighted by Gasteiger charge is 2.16. The number of carbonyl (C=O) groups is 2. The average molecular weight is 423 g/mol. The van der Waals surface area contributed by atoms with E-state index in [-0.39, 0.29) is 22.6 Å². The lowest BCUT2D eigenvalue weighted by Crippen LogP contribution is -2.09. The Hall–Kier alpha value is -4.34. The van der Waals surface area contributed by atoms with E-state index in [2.05, 4.69) is 20.6 Å². The molecule has 1 aromatic heterocycles. The van der Waals surface area contributed by atoms with Crippen LogP contribution in [0, 0.1) is 0 Å². The molecule has 0 atom stereocenters. The fourth-order valence-electron chi connectivity index (χ4n) is 2.74. The number of methoxy groups -OCH3 is 3. The molecule has 10 heteroatoms. The minimum atomic E-state index is -0.607. The van der Waals surface area contributed by atoms with E-state index in [4.69, 9.17) is 19.9 Å². The lowest BCUT2D eigenvalue weighted by Gasteiger charge is -2.14. The van der Waals surface area contributed by atoms with Gasteiger partial charge in [0.15, 0.2) is 11.6 Å². The maximum atomic E-state index is 12.0. The molecular formula is C21H21N5O5. The number of aromatic nitrogens is 2. The maximum absolute atomic E-state index is 12.0. The van der Waals surface area contributed by atoms with Gasteiger partial charge in [0.1, 0.15) is 17.8 Å². The molecule has 4 N–H and O–H groups in total. The quantitative estimate of drug-likeness (QED) is 0.486. The van der Waals surface area contributed by atoms with Crippen LogP contribution in [0.5, 0.6) is 5.75 Å². The molecule has 0 saturated heterocycles. The monoisotopic (exact) mass is 423 g/mol. The van der Waals surface area contributed by atoms with Crippen molar-refractivity contribution in [1.82, 2.24) is 9.97 Å². The second-order valence-corrected chi connectivity index (χ2v) is 6.25. The number of hydrogen-bond acceptors (Lipinski definition) is 10. The predicted octanol–water partition coefficient (Wildman–Crippen LogP) is 3.13. The van der Waals surface area contributed by atoms with Crippen LogP contribution >= 0.6 is 0 Å². The molecule has 0 bridgehead atoms. The molecule has 0 fully saturated rings. The second kappa shape index (κ2) is 9.44. The number of benzene rings is 2. The molecule has 10 nitrogen and oxygen atoms in total. The van der Waals surface area contributed by atoms with Gasteiger partial charge in [-0.15, -0.1) is 0 Å². The molecule has 0 amide bonds. The van der Waals surface area contributed by atoms with E-state index >= 15 is 0 Å². The van der Waals surface area contributed by atoms with Crippen molar-refractivity contribution in [1.29, 1.82) is 0 Å². The number of carbonyl (C=O) groups excluding carboxylic acids is 2. The van der Waals surface area contributed by atoms with Crippen LogP contribution in [0.2, 0.25) is 0 Å². The van der Waals surface area contributed by atoms with E-state index < -0.39 is 11.9 Å². The topological polar surface area (TPSA) is 138 Å². The van der Waals surface area contributed by atoms with Gasteiger partial charge in [-0.3, -0.25) is 0 Å². The fourth-order valence-corrected chi connectivity index (χ4v) is 2.74. The largest absolute Gasteiger partial charge is 0.497 e. The van der Waals surface area contributed by atoms with Gasteiger partial charge in [0, 0.05) is 17.4 Å². The van der Waals surface area contributed by atoms with E-state index in [9.17, 15) is 9.59 Å². The van der Waals surface area contributed by atoms with Crippen molar-refractivity contribution in [3.8, 4) is 5.75 Å². The Morgan fingerprint density at radius 1 is 0.839 bits per heavy atom. The summed E-state index contributed by atoms with van der Waals surface area (Å²) in [5.74, 6) is 0.0990. The maximum Gasteiger partial charge on any atom is 0.337 e. The van der Waals surface area contributed by atoms with Gasteiger partial charge in [-0.2, -0.15) is 0 Å². The third-order valence-corrected chi connectivity index (χ3v) is 4.25. The van der Waals surface area contributed by atoms with Gasteiger partial charge in [0.05, 0.1) is 32.5 Å². The summed E-state index contributed by atoms with van der Waals surface area (Å²) < 4.78 is 14.7. The third kappa shape index (κ3) is 4.99. The van der Waals surface area contributed by atoms with E-state index in [1.54, 1.807) is 13.2 Å². The first-order valence-corrected chi connectivity index (χ1v) is 9.05. The lowest BCUT2D eigenvalue weighted by molar-refractivity contribution is 0.0599. The standard InChI is InChI=1S/C21H21N5O5/c1-29-16-6-4-5-14(10-16)25-18-17(22)19(24-11-23-18)26-15-8-12(20(27)30-2)7-13(9-15)21(28)31-3/h4-11H,22H2,1-3H3,(H2,23,24,25,26). The SMILES string of the molecule is COC(=O)c1cc(Nc2ncnc(Nc3cccc(OC)c3)c2N)cc(C(=O)OC)c1. The molecule has 0 aliphatic carbocycles. The van der Waals surface area contributed by atoms with Crippen molar-refractivity contribution in [2.45, 2.75) is 0 Å². The van der Waals surface area contributed by atoms with Gasteiger partial charge in [0.2, 0.25) is 0 Å². The summed E-state index contributed by atoms with van der Waals surface area (Å²) in [7, 11) is 4.07. The molecule has 0 unspecified atom stereocenters. The van der Waals surface area contributed by atoms with Gasteiger partial charge in [-0.1, -0.05) is 6.07 Å². The summed E-state index contributed by atoms with van der Waals surface area (Å²) in [4.78, 5) is 32.3. The van der Waals surface area contributed by atoms with Gasteiger partial charge in [-0.25, -0.2) is 19.6 Å². The minimum absolute atomic E-state index is 0.162. The molecule has 0 radical (unpaired) electrons. The van der Waals surface area contributed by atoms with E-state index in [0.29, 0.717) is 17.3 Å². The normalized spacial score (nSPS) is 10.2. The van der Waals surface area contributed by atoms with Crippen LogP contribution in [0.1, 0.15) is 20.7 Å². The van der Waals surface area contributed by atoms with Gasteiger partial charge in [-0.05, 0) is 30.3 Å². The smallest absolute Gasteiger partial charge is 0.337 e. The predicted molar refractivity (Wildman–Crippen MR) is 115 cm³/mol. The van der Waals surface area contributed by atoms with Crippen molar-refractivity contribution in [2.75, 3.05) is 37.7 Å². The Kier molecular flexibility index (Phi) is 6.51. The molecule has 1 heterocycles. The molecule has 3 aromatic rings. The molecule has 3 rings (SSSR count). The lowest BCUT2D eigenvalue weighted by atomic mass is 10.1. The first-order chi connectivity index (χ1) is 14.9. The summed E-state index contributed by atoms with van der Waals surface area (Å²) in [5.41, 5.74) is 7.90. The highest BCUT2D eigenvalue weighted by atomic mass is 16.5. The molecule has 0 saturated carbocycles. The number of nitrogens with zero attached hydrogens (tertiary/aromatic N) is 2. The van der Waals surface area contributed by atoms with Crippen molar-refractivity contribution >= 4 is 40.6 Å². The highest BCUT2D eigenvalue weighted by molar-refractivity contribution is 5.97. The molecule has 0 spiro atoms. The number of nitrogens with two attached hydrogens (primary N) is 1. The Morgan fingerprint density at radius 3 is 1.97 bits per heavy atom. The molecule has 160 valence electrons. The molecule has 0 aliphatic heterocycles.